The lowest BCUT2D eigenvalue weighted by Gasteiger charge is -2.31. The normalized spacial score (nSPS) is 18.6. The van der Waals surface area contributed by atoms with Gasteiger partial charge in [0, 0.05) is 25.3 Å². The van der Waals surface area contributed by atoms with Gasteiger partial charge in [0.2, 0.25) is 0 Å². The fourth-order valence-electron chi connectivity index (χ4n) is 3.93. The molecule has 2 aromatic rings. The van der Waals surface area contributed by atoms with E-state index >= 15 is 0 Å². The number of likely N-dealkylation sites (tertiary alicyclic amines) is 1. The molecule has 27 heavy (non-hydrogen) atoms. The zero-order chi connectivity index (χ0) is 18.5. The van der Waals surface area contributed by atoms with Crippen LogP contribution in [-0.4, -0.2) is 44.9 Å². The number of hydrogen-bond donors (Lipinski definition) is 1. The summed E-state index contributed by atoms with van der Waals surface area (Å²) >= 11 is 0. The summed E-state index contributed by atoms with van der Waals surface area (Å²) in [7, 11) is 0. The zero-order valence-corrected chi connectivity index (χ0v) is 15.6. The fourth-order valence-corrected chi connectivity index (χ4v) is 3.93. The summed E-state index contributed by atoms with van der Waals surface area (Å²) in [6.07, 6.45) is 10.4. The molecule has 7 nitrogen and oxygen atoms in total. The van der Waals surface area contributed by atoms with Crippen LogP contribution >= 0.6 is 0 Å². The number of nitrogens with zero attached hydrogens (tertiary/aromatic N) is 4. The van der Waals surface area contributed by atoms with Crippen LogP contribution in [0.5, 0.6) is 5.75 Å². The average molecular weight is 369 g/mol. The number of nitrogens with one attached hydrogen (secondary N) is 1. The molecule has 1 aliphatic carbocycles. The second-order valence-corrected chi connectivity index (χ2v) is 7.53. The Morgan fingerprint density at radius 3 is 2.52 bits per heavy atom. The Kier molecular flexibility index (Phi) is 5.55. The molecule has 0 unspecified atom stereocenters. The Balaban J connectivity index is 1.23. The first-order valence-electron chi connectivity index (χ1n) is 9.91. The van der Waals surface area contributed by atoms with Crippen LogP contribution in [0.3, 0.4) is 0 Å². The molecular weight excluding hydrogens is 342 g/mol. The molecule has 1 saturated carbocycles. The van der Waals surface area contributed by atoms with E-state index in [1.807, 2.05) is 33.8 Å². The largest absolute Gasteiger partial charge is 0.490 e. The van der Waals surface area contributed by atoms with Crippen LogP contribution in [0.2, 0.25) is 0 Å². The fraction of sp³-hybridized carbons (Fsp3) is 0.550. The predicted molar refractivity (Wildman–Crippen MR) is 103 cm³/mol. The Hall–Kier alpha value is -2.57. The third kappa shape index (κ3) is 4.78. The molecule has 144 valence electrons. The topological polar surface area (TPSA) is 72.3 Å². The second-order valence-electron chi connectivity index (χ2n) is 7.53. The van der Waals surface area contributed by atoms with Gasteiger partial charge in [0.15, 0.2) is 0 Å². The molecular formula is C20H27N5O2. The Bertz CT molecular complexity index is 717. The number of aromatic nitrogens is 3. The lowest BCUT2D eigenvalue weighted by molar-refractivity contribution is 0.175. The van der Waals surface area contributed by atoms with E-state index in [1.54, 1.807) is 12.7 Å². The zero-order valence-electron chi connectivity index (χ0n) is 15.6. The number of amides is 2. The molecule has 2 aliphatic rings. The molecule has 7 heteroatoms. The van der Waals surface area contributed by atoms with E-state index < -0.39 is 0 Å². The molecule has 1 aliphatic heterocycles. The summed E-state index contributed by atoms with van der Waals surface area (Å²) in [5.41, 5.74) is 0.809. The van der Waals surface area contributed by atoms with Gasteiger partial charge in [-0.15, -0.1) is 0 Å². The number of benzene rings is 1. The number of hydrogen-bond acceptors (Lipinski definition) is 4. The molecule has 0 bridgehead atoms. The quantitative estimate of drug-likeness (QED) is 0.875. The van der Waals surface area contributed by atoms with Crippen LogP contribution in [0.15, 0.2) is 36.9 Å². The Morgan fingerprint density at radius 1 is 1.11 bits per heavy atom. The van der Waals surface area contributed by atoms with Crippen LogP contribution in [0.1, 0.15) is 38.5 Å². The van der Waals surface area contributed by atoms with Crippen molar-refractivity contribution in [2.24, 2.45) is 5.92 Å². The highest BCUT2D eigenvalue weighted by Gasteiger charge is 2.23. The number of piperidine rings is 1. The minimum Gasteiger partial charge on any atom is -0.490 e. The van der Waals surface area contributed by atoms with Gasteiger partial charge in [-0.1, -0.05) is 0 Å². The molecule has 1 aromatic heterocycles. The van der Waals surface area contributed by atoms with Crippen molar-refractivity contribution in [2.75, 3.05) is 18.4 Å². The lowest BCUT2D eigenvalue weighted by atomic mass is 9.97. The monoisotopic (exact) mass is 369 g/mol. The van der Waals surface area contributed by atoms with Crippen LogP contribution in [0, 0.1) is 5.92 Å². The van der Waals surface area contributed by atoms with Crippen LogP contribution in [0.4, 0.5) is 10.5 Å². The number of ether oxygens (including phenoxy) is 1. The number of carbonyl (C=O) groups excluding carboxylic acids is 1. The number of anilines is 1. The SMILES string of the molecule is O=C(Nc1ccc(OC2CCCC2)cc1)N1CCC(Cn2cncn2)CC1. The van der Waals surface area contributed by atoms with Gasteiger partial charge in [0.05, 0.1) is 6.10 Å². The van der Waals surface area contributed by atoms with E-state index in [4.69, 9.17) is 4.74 Å². The molecule has 2 amide bonds. The van der Waals surface area contributed by atoms with Gasteiger partial charge < -0.3 is 15.0 Å². The summed E-state index contributed by atoms with van der Waals surface area (Å²) in [5.74, 6) is 1.43. The number of rotatable bonds is 5. The highest BCUT2D eigenvalue weighted by molar-refractivity contribution is 5.89. The van der Waals surface area contributed by atoms with Gasteiger partial charge in [-0.05, 0) is 68.7 Å². The highest BCUT2D eigenvalue weighted by Crippen LogP contribution is 2.25. The van der Waals surface area contributed by atoms with Crippen molar-refractivity contribution in [1.29, 1.82) is 0 Å². The summed E-state index contributed by atoms with van der Waals surface area (Å²) in [6, 6.07) is 7.69. The maximum absolute atomic E-state index is 12.5. The van der Waals surface area contributed by atoms with E-state index in [9.17, 15) is 4.79 Å². The van der Waals surface area contributed by atoms with Gasteiger partial charge in [-0.2, -0.15) is 5.10 Å². The maximum Gasteiger partial charge on any atom is 0.321 e. The van der Waals surface area contributed by atoms with Crippen molar-refractivity contribution in [1.82, 2.24) is 19.7 Å². The maximum atomic E-state index is 12.5. The Labute approximate surface area is 159 Å². The Morgan fingerprint density at radius 2 is 1.85 bits per heavy atom. The summed E-state index contributed by atoms with van der Waals surface area (Å²) in [4.78, 5) is 18.4. The number of carbonyl (C=O) groups is 1. The summed E-state index contributed by atoms with van der Waals surface area (Å²) < 4.78 is 7.84. The molecule has 1 saturated heterocycles. The minimum absolute atomic E-state index is 0.0290. The average Bonchev–Trinajstić information content (AvgIpc) is 3.38. The van der Waals surface area contributed by atoms with E-state index in [0.717, 1.165) is 56.8 Å². The van der Waals surface area contributed by atoms with Gasteiger partial charge in [0.25, 0.3) is 0 Å². The van der Waals surface area contributed by atoms with E-state index in [0.29, 0.717) is 12.0 Å². The summed E-state index contributed by atoms with van der Waals surface area (Å²) in [5, 5.41) is 7.16. The van der Waals surface area contributed by atoms with Crippen molar-refractivity contribution in [3.05, 3.63) is 36.9 Å². The predicted octanol–water partition coefficient (Wildman–Crippen LogP) is 3.54. The van der Waals surface area contributed by atoms with Crippen molar-refractivity contribution in [3.8, 4) is 5.75 Å². The molecule has 0 spiro atoms. The number of urea groups is 1. The van der Waals surface area contributed by atoms with E-state index in [2.05, 4.69) is 15.4 Å². The van der Waals surface area contributed by atoms with Crippen molar-refractivity contribution >= 4 is 11.7 Å². The first-order valence-corrected chi connectivity index (χ1v) is 9.91. The van der Waals surface area contributed by atoms with E-state index in [-0.39, 0.29) is 6.03 Å². The molecule has 0 radical (unpaired) electrons. The molecule has 2 heterocycles. The molecule has 2 fully saturated rings. The lowest BCUT2D eigenvalue weighted by Crippen LogP contribution is -2.41. The third-order valence-corrected chi connectivity index (χ3v) is 5.52. The van der Waals surface area contributed by atoms with Crippen molar-refractivity contribution in [3.63, 3.8) is 0 Å². The standard InChI is InChI=1S/C20H27N5O2/c26-20(24-11-9-16(10-12-24)13-25-15-21-14-22-25)23-17-5-7-19(8-6-17)27-18-3-1-2-4-18/h5-8,14-16,18H,1-4,9-13H2,(H,23,26). The van der Waals surface area contributed by atoms with Crippen LogP contribution < -0.4 is 10.1 Å². The van der Waals surface area contributed by atoms with Crippen molar-refractivity contribution < 1.29 is 9.53 Å². The third-order valence-electron chi connectivity index (χ3n) is 5.52. The van der Waals surface area contributed by atoms with Crippen molar-refractivity contribution in [2.45, 2.75) is 51.2 Å². The smallest absolute Gasteiger partial charge is 0.321 e. The van der Waals surface area contributed by atoms with Gasteiger partial charge in [-0.3, -0.25) is 4.68 Å². The van der Waals surface area contributed by atoms with Crippen LogP contribution in [0.25, 0.3) is 0 Å². The van der Waals surface area contributed by atoms with Gasteiger partial charge in [0.1, 0.15) is 18.4 Å². The molecule has 0 atom stereocenters. The first-order chi connectivity index (χ1) is 13.3. The summed E-state index contributed by atoms with van der Waals surface area (Å²) in [6.45, 7) is 2.42. The minimum atomic E-state index is -0.0290. The van der Waals surface area contributed by atoms with Crippen LogP contribution in [-0.2, 0) is 6.54 Å². The molecule has 4 rings (SSSR count). The molecule has 1 aromatic carbocycles. The molecule has 1 N–H and O–H groups in total. The first kappa shape index (κ1) is 17.8. The van der Waals surface area contributed by atoms with Gasteiger partial charge >= 0.3 is 6.03 Å². The highest BCUT2D eigenvalue weighted by atomic mass is 16.5. The second kappa shape index (κ2) is 8.41. The van der Waals surface area contributed by atoms with Gasteiger partial charge in [-0.25, -0.2) is 9.78 Å². The van der Waals surface area contributed by atoms with E-state index in [1.165, 1.54) is 12.8 Å².